The third kappa shape index (κ3) is 2.57. The minimum atomic E-state index is -0.597. The number of rotatable bonds is 3. The lowest BCUT2D eigenvalue weighted by Crippen LogP contribution is -2.09. The van der Waals surface area contributed by atoms with Gasteiger partial charge in [-0.05, 0) is 5.56 Å². The normalized spacial score (nSPS) is 10.8. The molecule has 2 heterocycles. The number of methoxy groups -OCH3 is 1. The molecule has 106 valence electrons. The summed E-state index contributed by atoms with van der Waals surface area (Å²) in [6, 6.07) is 9.78. The maximum absolute atomic E-state index is 11.5. The molecule has 0 unspecified atom stereocenters. The van der Waals surface area contributed by atoms with Crippen LogP contribution >= 0.6 is 11.6 Å². The second-order valence-corrected chi connectivity index (χ2v) is 4.71. The van der Waals surface area contributed by atoms with Gasteiger partial charge < -0.3 is 4.74 Å². The molecule has 6 nitrogen and oxygen atoms in total. The van der Waals surface area contributed by atoms with Crippen LogP contribution in [-0.2, 0) is 11.3 Å². The minimum absolute atomic E-state index is 0.0177. The quantitative estimate of drug-likeness (QED) is 0.694. The highest BCUT2D eigenvalue weighted by Crippen LogP contribution is 2.21. The highest BCUT2D eigenvalue weighted by molar-refractivity contribution is 6.34. The molecule has 0 spiro atoms. The molecular formula is C14H11ClN4O2. The van der Waals surface area contributed by atoms with Gasteiger partial charge in [0.2, 0.25) is 5.82 Å². The lowest BCUT2D eigenvalue weighted by atomic mass is 10.2. The molecule has 0 atom stereocenters. The van der Waals surface area contributed by atoms with E-state index in [1.165, 1.54) is 13.3 Å². The molecule has 0 aliphatic heterocycles. The van der Waals surface area contributed by atoms with Gasteiger partial charge in [-0.25, -0.2) is 19.4 Å². The van der Waals surface area contributed by atoms with E-state index in [2.05, 4.69) is 19.8 Å². The van der Waals surface area contributed by atoms with Gasteiger partial charge in [-0.1, -0.05) is 41.9 Å². The van der Waals surface area contributed by atoms with Gasteiger partial charge in [0.05, 0.1) is 19.0 Å². The Bertz CT molecular complexity index is 801. The third-order valence-electron chi connectivity index (χ3n) is 2.99. The maximum Gasteiger partial charge on any atom is 0.376 e. The SMILES string of the molecule is COC(=O)c1ncc2c(Cl)nn(Cc3ccccc3)c2n1. The van der Waals surface area contributed by atoms with E-state index in [4.69, 9.17) is 11.6 Å². The Hall–Kier alpha value is -2.47. The first-order valence-corrected chi connectivity index (χ1v) is 6.58. The van der Waals surface area contributed by atoms with E-state index in [-0.39, 0.29) is 5.82 Å². The number of halogens is 1. The first-order valence-electron chi connectivity index (χ1n) is 6.20. The van der Waals surface area contributed by atoms with Crippen molar-refractivity contribution in [3.63, 3.8) is 0 Å². The molecule has 7 heteroatoms. The standard InChI is InChI=1S/C14H11ClN4O2/c1-21-14(20)12-16-7-10-11(15)18-19(13(10)17-12)8-9-5-3-2-4-6-9/h2-7H,8H2,1H3. The number of ether oxygens (including phenoxy) is 1. The van der Waals surface area contributed by atoms with Crippen molar-refractivity contribution in [1.29, 1.82) is 0 Å². The zero-order chi connectivity index (χ0) is 14.8. The molecular weight excluding hydrogens is 292 g/mol. The summed E-state index contributed by atoms with van der Waals surface area (Å²) in [5, 5.41) is 5.14. The van der Waals surface area contributed by atoms with Gasteiger partial charge in [-0.3, -0.25) is 0 Å². The smallest absolute Gasteiger partial charge is 0.376 e. The number of aromatic nitrogens is 4. The summed E-state index contributed by atoms with van der Waals surface area (Å²) in [6.07, 6.45) is 1.48. The number of fused-ring (bicyclic) bond motifs is 1. The number of carbonyl (C=O) groups is 1. The minimum Gasteiger partial charge on any atom is -0.463 e. The molecule has 0 N–H and O–H groups in total. The van der Waals surface area contributed by atoms with E-state index in [1.807, 2.05) is 30.3 Å². The van der Waals surface area contributed by atoms with Gasteiger partial charge in [0.1, 0.15) is 0 Å². The molecule has 0 amide bonds. The average Bonchev–Trinajstić information content (AvgIpc) is 2.83. The Labute approximate surface area is 125 Å². The van der Waals surface area contributed by atoms with Crippen molar-refractivity contribution in [2.45, 2.75) is 6.54 Å². The van der Waals surface area contributed by atoms with E-state index in [1.54, 1.807) is 4.68 Å². The summed E-state index contributed by atoms with van der Waals surface area (Å²) in [6.45, 7) is 0.502. The number of nitrogens with zero attached hydrogens (tertiary/aromatic N) is 4. The van der Waals surface area contributed by atoms with Gasteiger partial charge in [0.15, 0.2) is 10.8 Å². The second-order valence-electron chi connectivity index (χ2n) is 4.36. The van der Waals surface area contributed by atoms with Gasteiger partial charge in [-0.15, -0.1) is 0 Å². The van der Waals surface area contributed by atoms with Crippen LogP contribution < -0.4 is 0 Å². The van der Waals surface area contributed by atoms with Gasteiger partial charge in [0, 0.05) is 6.20 Å². The largest absolute Gasteiger partial charge is 0.463 e. The average molecular weight is 303 g/mol. The van der Waals surface area contributed by atoms with Crippen molar-refractivity contribution in [2.24, 2.45) is 0 Å². The zero-order valence-electron chi connectivity index (χ0n) is 11.2. The lowest BCUT2D eigenvalue weighted by molar-refractivity contribution is 0.0587. The fraction of sp³-hybridized carbons (Fsp3) is 0.143. The predicted octanol–water partition coefficient (Wildman–Crippen LogP) is 2.31. The number of carbonyl (C=O) groups excluding carboxylic acids is 1. The summed E-state index contributed by atoms with van der Waals surface area (Å²) in [5.41, 5.74) is 1.55. The van der Waals surface area contributed by atoms with Crippen molar-refractivity contribution in [1.82, 2.24) is 19.7 Å². The van der Waals surface area contributed by atoms with Crippen LogP contribution in [0.1, 0.15) is 16.2 Å². The van der Waals surface area contributed by atoms with Crippen LogP contribution in [-0.4, -0.2) is 32.8 Å². The van der Waals surface area contributed by atoms with E-state index in [0.29, 0.717) is 22.7 Å². The van der Waals surface area contributed by atoms with Crippen LogP contribution in [0.3, 0.4) is 0 Å². The molecule has 2 aromatic heterocycles. The Morgan fingerprint density at radius 2 is 2.10 bits per heavy atom. The number of esters is 1. The highest BCUT2D eigenvalue weighted by atomic mass is 35.5. The summed E-state index contributed by atoms with van der Waals surface area (Å²) < 4.78 is 6.26. The Balaban J connectivity index is 2.07. The maximum atomic E-state index is 11.5. The summed E-state index contributed by atoms with van der Waals surface area (Å²) in [4.78, 5) is 19.7. The van der Waals surface area contributed by atoms with E-state index in [0.717, 1.165) is 5.56 Å². The molecule has 1 aromatic carbocycles. The summed E-state index contributed by atoms with van der Waals surface area (Å²) in [5.74, 6) is -0.614. The third-order valence-corrected chi connectivity index (χ3v) is 3.27. The molecule has 0 radical (unpaired) electrons. The molecule has 3 rings (SSSR count). The number of benzene rings is 1. The van der Waals surface area contributed by atoms with Gasteiger partial charge in [0.25, 0.3) is 0 Å². The fourth-order valence-corrected chi connectivity index (χ4v) is 2.20. The van der Waals surface area contributed by atoms with Crippen molar-refractivity contribution in [2.75, 3.05) is 7.11 Å². The van der Waals surface area contributed by atoms with Crippen LogP contribution in [0.4, 0.5) is 0 Å². The zero-order valence-corrected chi connectivity index (χ0v) is 11.9. The molecule has 21 heavy (non-hydrogen) atoms. The predicted molar refractivity (Wildman–Crippen MR) is 77.2 cm³/mol. The molecule has 0 saturated carbocycles. The topological polar surface area (TPSA) is 69.9 Å². The second kappa shape index (κ2) is 5.49. The Kier molecular flexibility index (Phi) is 3.53. The number of hydrogen-bond acceptors (Lipinski definition) is 5. The van der Waals surface area contributed by atoms with Gasteiger partial charge in [-0.2, -0.15) is 5.10 Å². The Morgan fingerprint density at radius 1 is 1.33 bits per heavy atom. The molecule has 0 fully saturated rings. The van der Waals surface area contributed by atoms with Crippen LogP contribution in [0.5, 0.6) is 0 Å². The summed E-state index contributed by atoms with van der Waals surface area (Å²) in [7, 11) is 1.28. The molecule has 0 saturated heterocycles. The molecule has 3 aromatic rings. The fourth-order valence-electron chi connectivity index (χ4n) is 1.98. The van der Waals surface area contributed by atoms with Crippen LogP contribution in [0.15, 0.2) is 36.5 Å². The van der Waals surface area contributed by atoms with Crippen LogP contribution in [0.25, 0.3) is 11.0 Å². The van der Waals surface area contributed by atoms with Crippen LogP contribution in [0, 0.1) is 0 Å². The Morgan fingerprint density at radius 3 is 2.81 bits per heavy atom. The van der Waals surface area contributed by atoms with Crippen molar-refractivity contribution >= 4 is 28.6 Å². The first kappa shape index (κ1) is 13.5. The van der Waals surface area contributed by atoms with E-state index < -0.39 is 5.97 Å². The van der Waals surface area contributed by atoms with E-state index >= 15 is 0 Å². The van der Waals surface area contributed by atoms with Gasteiger partial charge >= 0.3 is 5.97 Å². The lowest BCUT2D eigenvalue weighted by Gasteiger charge is -2.03. The highest BCUT2D eigenvalue weighted by Gasteiger charge is 2.16. The van der Waals surface area contributed by atoms with Crippen molar-refractivity contribution < 1.29 is 9.53 Å². The molecule has 0 aliphatic rings. The first-order chi connectivity index (χ1) is 10.2. The van der Waals surface area contributed by atoms with Crippen LogP contribution in [0.2, 0.25) is 5.15 Å². The number of hydrogen-bond donors (Lipinski definition) is 0. The summed E-state index contributed by atoms with van der Waals surface area (Å²) >= 11 is 6.08. The molecule has 0 bridgehead atoms. The monoisotopic (exact) mass is 302 g/mol. The van der Waals surface area contributed by atoms with E-state index in [9.17, 15) is 4.79 Å². The van der Waals surface area contributed by atoms with Crippen molar-refractivity contribution in [3.05, 3.63) is 53.1 Å². The van der Waals surface area contributed by atoms with Crippen molar-refractivity contribution in [3.8, 4) is 0 Å². The molecule has 0 aliphatic carbocycles.